The van der Waals surface area contributed by atoms with Crippen molar-refractivity contribution >= 4 is 34.1 Å². The predicted octanol–water partition coefficient (Wildman–Crippen LogP) is 3.04. The molecule has 0 atom stereocenters. The number of esters is 1. The molecule has 0 bridgehead atoms. The summed E-state index contributed by atoms with van der Waals surface area (Å²) < 4.78 is 4.80. The molecular formula is C18H20N2O4S. The van der Waals surface area contributed by atoms with Crippen molar-refractivity contribution in [3.63, 3.8) is 0 Å². The van der Waals surface area contributed by atoms with E-state index in [-0.39, 0.29) is 11.8 Å². The van der Waals surface area contributed by atoms with Crippen LogP contribution in [-0.4, -0.2) is 24.9 Å². The minimum atomic E-state index is -0.470. The molecule has 132 valence electrons. The number of anilines is 1. The number of thiophene rings is 1. The Hall–Kier alpha value is -2.67. The Labute approximate surface area is 150 Å². The van der Waals surface area contributed by atoms with E-state index in [9.17, 15) is 14.4 Å². The van der Waals surface area contributed by atoms with Gasteiger partial charge < -0.3 is 15.4 Å². The molecule has 2 aromatic rings. The first-order chi connectivity index (χ1) is 11.8. The van der Waals surface area contributed by atoms with Crippen LogP contribution >= 0.6 is 11.3 Å². The monoisotopic (exact) mass is 360 g/mol. The van der Waals surface area contributed by atoms with Crippen LogP contribution in [0.2, 0.25) is 0 Å². The Morgan fingerprint density at radius 1 is 1.12 bits per heavy atom. The topological polar surface area (TPSA) is 84.5 Å². The van der Waals surface area contributed by atoms with E-state index in [0.717, 1.165) is 16.0 Å². The summed E-state index contributed by atoms with van der Waals surface area (Å²) in [5, 5.41) is 5.96. The molecule has 2 amide bonds. The highest BCUT2D eigenvalue weighted by atomic mass is 32.1. The minimum Gasteiger partial charge on any atom is -0.465 e. The number of benzene rings is 1. The molecule has 2 N–H and O–H groups in total. The smallest absolute Gasteiger partial charge is 0.341 e. The largest absolute Gasteiger partial charge is 0.465 e. The van der Waals surface area contributed by atoms with E-state index in [1.165, 1.54) is 25.4 Å². The Morgan fingerprint density at radius 3 is 2.32 bits per heavy atom. The van der Waals surface area contributed by atoms with Gasteiger partial charge in [0.25, 0.3) is 5.91 Å². The summed E-state index contributed by atoms with van der Waals surface area (Å²) in [7, 11) is 1.31. The first-order valence-corrected chi connectivity index (χ1v) is 8.48. The van der Waals surface area contributed by atoms with E-state index in [1.807, 2.05) is 13.8 Å². The fraction of sp³-hybridized carbons (Fsp3) is 0.278. The molecule has 1 heterocycles. The highest BCUT2D eigenvalue weighted by Crippen LogP contribution is 2.33. The first kappa shape index (κ1) is 18.7. The normalized spacial score (nSPS) is 10.2. The average Bonchev–Trinajstić information content (AvgIpc) is 2.86. The van der Waals surface area contributed by atoms with Crippen molar-refractivity contribution < 1.29 is 19.1 Å². The first-order valence-electron chi connectivity index (χ1n) is 7.66. The van der Waals surface area contributed by atoms with Crippen LogP contribution in [0.25, 0.3) is 0 Å². The van der Waals surface area contributed by atoms with Gasteiger partial charge in [-0.25, -0.2) is 4.79 Å². The van der Waals surface area contributed by atoms with Gasteiger partial charge in [-0.15, -0.1) is 11.3 Å². The minimum absolute atomic E-state index is 0.111. The molecule has 2 rings (SSSR count). The van der Waals surface area contributed by atoms with Crippen LogP contribution in [0.15, 0.2) is 24.3 Å². The van der Waals surface area contributed by atoms with Crippen LogP contribution < -0.4 is 10.6 Å². The second-order valence-electron chi connectivity index (χ2n) is 5.54. The van der Waals surface area contributed by atoms with Crippen molar-refractivity contribution in [3.05, 3.63) is 51.4 Å². The maximum Gasteiger partial charge on any atom is 0.341 e. The van der Waals surface area contributed by atoms with Crippen molar-refractivity contribution in [2.45, 2.75) is 27.3 Å². The van der Waals surface area contributed by atoms with Crippen LogP contribution in [-0.2, 0) is 16.1 Å². The molecule has 0 spiro atoms. The second kappa shape index (κ2) is 7.94. The van der Waals surface area contributed by atoms with E-state index < -0.39 is 5.97 Å². The summed E-state index contributed by atoms with van der Waals surface area (Å²) in [6, 6.07) is 6.91. The van der Waals surface area contributed by atoms with Crippen molar-refractivity contribution in [2.75, 3.05) is 12.4 Å². The van der Waals surface area contributed by atoms with Crippen LogP contribution in [0, 0.1) is 13.8 Å². The predicted molar refractivity (Wildman–Crippen MR) is 97.0 cm³/mol. The number of hydrogen-bond donors (Lipinski definition) is 2. The van der Waals surface area contributed by atoms with E-state index in [4.69, 9.17) is 4.74 Å². The molecule has 0 radical (unpaired) electrons. The average molecular weight is 360 g/mol. The molecule has 0 aliphatic carbocycles. The number of ether oxygens (including phenoxy) is 1. The van der Waals surface area contributed by atoms with Gasteiger partial charge in [0.1, 0.15) is 5.00 Å². The van der Waals surface area contributed by atoms with Crippen LogP contribution in [0.4, 0.5) is 5.00 Å². The maximum atomic E-state index is 12.4. The summed E-state index contributed by atoms with van der Waals surface area (Å²) in [6.07, 6.45) is 0. The molecule has 6 nitrogen and oxygen atoms in total. The number of aryl methyl sites for hydroxylation is 1. The Kier molecular flexibility index (Phi) is 5.93. The lowest BCUT2D eigenvalue weighted by molar-refractivity contribution is -0.119. The third kappa shape index (κ3) is 4.45. The molecule has 7 heteroatoms. The molecule has 0 saturated carbocycles. The lowest BCUT2D eigenvalue weighted by atomic mass is 10.1. The Morgan fingerprint density at radius 2 is 1.76 bits per heavy atom. The number of rotatable bonds is 5. The lowest BCUT2D eigenvalue weighted by Crippen LogP contribution is -2.19. The van der Waals surface area contributed by atoms with Crippen molar-refractivity contribution in [2.24, 2.45) is 0 Å². The zero-order valence-corrected chi connectivity index (χ0v) is 15.4. The summed E-state index contributed by atoms with van der Waals surface area (Å²) in [6.45, 7) is 5.57. The maximum absolute atomic E-state index is 12.4. The summed E-state index contributed by atoms with van der Waals surface area (Å²) in [5.41, 5.74) is 2.55. The number of methoxy groups -OCH3 is 1. The third-order valence-corrected chi connectivity index (χ3v) is 4.88. The van der Waals surface area contributed by atoms with E-state index in [2.05, 4.69) is 10.6 Å². The van der Waals surface area contributed by atoms with Gasteiger partial charge in [-0.2, -0.15) is 0 Å². The highest BCUT2D eigenvalue weighted by Gasteiger charge is 2.21. The van der Waals surface area contributed by atoms with Gasteiger partial charge in [0.2, 0.25) is 5.91 Å². The van der Waals surface area contributed by atoms with Crippen LogP contribution in [0.5, 0.6) is 0 Å². The van der Waals surface area contributed by atoms with Crippen molar-refractivity contribution in [1.29, 1.82) is 0 Å². The van der Waals surface area contributed by atoms with Crippen molar-refractivity contribution in [3.8, 4) is 0 Å². The zero-order valence-electron chi connectivity index (χ0n) is 14.6. The Balaban J connectivity index is 2.16. The fourth-order valence-corrected chi connectivity index (χ4v) is 3.28. The van der Waals surface area contributed by atoms with Gasteiger partial charge in [-0.3, -0.25) is 9.59 Å². The number of hydrogen-bond acceptors (Lipinski definition) is 5. The molecule has 0 aliphatic rings. The highest BCUT2D eigenvalue weighted by molar-refractivity contribution is 7.16. The number of nitrogens with one attached hydrogen (secondary N) is 2. The standard InChI is InChI=1S/C18H20N2O4S/c1-10-11(2)25-17(15(10)18(23)24-4)20-16(22)14-7-5-13(6-8-14)9-19-12(3)21/h5-8H,9H2,1-4H3,(H,19,21)(H,20,22). The van der Waals surface area contributed by atoms with E-state index in [1.54, 1.807) is 24.3 Å². The lowest BCUT2D eigenvalue weighted by Gasteiger charge is -2.07. The number of carbonyl (C=O) groups is 3. The van der Waals surface area contributed by atoms with Gasteiger partial charge in [-0.1, -0.05) is 12.1 Å². The number of amides is 2. The van der Waals surface area contributed by atoms with Gasteiger partial charge >= 0.3 is 5.97 Å². The summed E-state index contributed by atoms with van der Waals surface area (Å²) >= 11 is 1.34. The third-order valence-electron chi connectivity index (χ3n) is 3.76. The molecule has 0 saturated heterocycles. The summed E-state index contributed by atoms with van der Waals surface area (Å²) in [4.78, 5) is 36.3. The number of carbonyl (C=O) groups excluding carboxylic acids is 3. The second-order valence-corrected chi connectivity index (χ2v) is 6.76. The quantitative estimate of drug-likeness (QED) is 0.803. The molecule has 1 aromatic carbocycles. The van der Waals surface area contributed by atoms with Gasteiger partial charge in [0.05, 0.1) is 12.7 Å². The molecule has 0 unspecified atom stereocenters. The van der Waals surface area contributed by atoms with E-state index in [0.29, 0.717) is 22.7 Å². The van der Waals surface area contributed by atoms with Gasteiger partial charge in [0, 0.05) is 23.9 Å². The molecule has 0 fully saturated rings. The molecular weight excluding hydrogens is 340 g/mol. The molecule has 25 heavy (non-hydrogen) atoms. The molecule has 1 aromatic heterocycles. The van der Waals surface area contributed by atoms with Crippen molar-refractivity contribution in [1.82, 2.24) is 5.32 Å². The summed E-state index contributed by atoms with van der Waals surface area (Å²) in [5.74, 6) is -0.888. The van der Waals surface area contributed by atoms with Gasteiger partial charge in [-0.05, 0) is 37.1 Å². The van der Waals surface area contributed by atoms with Crippen LogP contribution in [0.1, 0.15) is 43.6 Å². The van der Waals surface area contributed by atoms with Gasteiger partial charge in [0.15, 0.2) is 0 Å². The SMILES string of the molecule is COC(=O)c1c(NC(=O)c2ccc(CNC(C)=O)cc2)sc(C)c1C. The zero-order chi connectivity index (χ0) is 18.6. The molecule has 0 aliphatic heterocycles. The van der Waals surface area contributed by atoms with E-state index >= 15 is 0 Å². The van der Waals surface area contributed by atoms with Crippen LogP contribution in [0.3, 0.4) is 0 Å². The fourth-order valence-electron chi connectivity index (χ4n) is 2.24. The Bertz CT molecular complexity index is 809.